The van der Waals surface area contributed by atoms with Crippen molar-refractivity contribution in [1.82, 2.24) is 15.0 Å². The van der Waals surface area contributed by atoms with E-state index in [0.717, 1.165) is 5.39 Å². The number of aromatic nitrogens is 3. The van der Waals surface area contributed by atoms with Gasteiger partial charge in [0.25, 0.3) is 0 Å². The number of carbonyl (C=O) groups is 2. The number of benzene rings is 2. The van der Waals surface area contributed by atoms with Crippen LogP contribution in [0.5, 0.6) is 0 Å². The number of esters is 2. The van der Waals surface area contributed by atoms with Crippen LogP contribution in [0.1, 0.15) is 48.7 Å². The molecular weight excluding hydrogens is 388 g/mol. The predicted molar refractivity (Wildman–Crippen MR) is 109 cm³/mol. The second kappa shape index (κ2) is 8.62. The normalized spacial score (nSPS) is 10.9. The maximum absolute atomic E-state index is 12.9. The maximum Gasteiger partial charge on any atom is 0.361 e. The Morgan fingerprint density at radius 1 is 1.03 bits per heavy atom. The molecule has 0 unspecified atom stereocenters. The van der Waals surface area contributed by atoms with Crippen molar-refractivity contribution in [2.75, 3.05) is 0 Å². The zero-order valence-corrected chi connectivity index (χ0v) is 16.9. The van der Waals surface area contributed by atoms with Crippen LogP contribution in [0.2, 0.25) is 0 Å². The van der Waals surface area contributed by atoms with Gasteiger partial charge < -0.3 is 9.47 Å². The summed E-state index contributed by atoms with van der Waals surface area (Å²) in [6.45, 7) is 6.75. The molecule has 0 N–H and O–H groups in total. The number of ether oxygens (including phenoxy) is 2. The number of azide groups is 1. The van der Waals surface area contributed by atoms with E-state index in [4.69, 9.17) is 15.0 Å². The third-order valence-electron chi connectivity index (χ3n) is 3.98. The van der Waals surface area contributed by atoms with Crippen LogP contribution in [0.3, 0.4) is 0 Å². The Morgan fingerprint density at radius 2 is 1.67 bits per heavy atom. The van der Waals surface area contributed by atoms with Crippen molar-refractivity contribution in [3.05, 3.63) is 58.2 Å². The van der Waals surface area contributed by atoms with Crippen LogP contribution in [0.25, 0.3) is 26.9 Å². The van der Waals surface area contributed by atoms with Crippen molar-refractivity contribution in [1.29, 1.82) is 0 Å². The van der Waals surface area contributed by atoms with Crippen LogP contribution in [-0.4, -0.2) is 39.1 Å². The molecule has 0 aliphatic rings. The molecule has 30 heavy (non-hydrogen) atoms. The fraction of sp³-hybridized carbons (Fsp3) is 0.300. The van der Waals surface area contributed by atoms with Crippen molar-refractivity contribution < 1.29 is 19.1 Å². The molecule has 0 bridgehead atoms. The van der Waals surface area contributed by atoms with Gasteiger partial charge in [0.2, 0.25) is 5.69 Å². The number of hydrogen-bond donors (Lipinski definition) is 0. The van der Waals surface area contributed by atoms with Gasteiger partial charge in [-0.05, 0) is 44.7 Å². The summed E-state index contributed by atoms with van der Waals surface area (Å²) in [5.41, 5.74) is 9.25. The Balaban J connectivity index is 2.29. The summed E-state index contributed by atoms with van der Waals surface area (Å²) < 4.78 is 11.7. The Morgan fingerprint density at radius 3 is 2.30 bits per heavy atom. The average molecular weight is 408 g/mol. The molecule has 3 rings (SSSR count). The Labute approximate surface area is 172 Å². The highest BCUT2D eigenvalue weighted by atomic mass is 16.5. The van der Waals surface area contributed by atoms with Crippen molar-refractivity contribution in [2.24, 2.45) is 5.11 Å². The number of hydrogen-bond acceptors (Lipinski definition) is 7. The summed E-state index contributed by atoms with van der Waals surface area (Å²) in [7, 11) is 0. The highest BCUT2D eigenvalue weighted by Crippen LogP contribution is 2.32. The van der Waals surface area contributed by atoms with E-state index >= 15 is 0 Å². The molecule has 10 nitrogen and oxygen atoms in total. The quantitative estimate of drug-likeness (QED) is 0.255. The topological polar surface area (TPSA) is 132 Å². The predicted octanol–water partition coefficient (Wildman–Crippen LogP) is 4.49. The van der Waals surface area contributed by atoms with Gasteiger partial charge in [-0.2, -0.15) is 0 Å². The molecule has 0 saturated carbocycles. The highest BCUT2D eigenvalue weighted by molar-refractivity contribution is 6.03. The molecule has 0 radical (unpaired) electrons. The van der Waals surface area contributed by atoms with Gasteiger partial charge in [-0.25, -0.2) is 14.3 Å². The molecule has 1 aromatic heterocycles. The van der Waals surface area contributed by atoms with Gasteiger partial charge in [-0.1, -0.05) is 40.7 Å². The summed E-state index contributed by atoms with van der Waals surface area (Å²) in [5, 5.41) is 13.0. The van der Waals surface area contributed by atoms with E-state index in [-0.39, 0.29) is 11.4 Å². The smallest absolute Gasteiger partial charge is 0.361 e. The van der Waals surface area contributed by atoms with E-state index in [0.29, 0.717) is 16.8 Å². The molecule has 0 saturated heterocycles. The van der Waals surface area contributed by atoms with Crippen molar-refractivity contribution in [3.63, 3.8) is 0 Å². The summed E-state index contributed by atoms with van der Waals surface area (Å²) >= 11 is 0. The van der Waals surface area contributed by atoms with Gasteiger partial charge in [0, 0.05) is 16.0 Å². The van der Waals surface area contributed by atoms with E-state index < -0.39 is 24.1 Å². The molecule has 154 valence electrons. The lowest BCUT2D eigenvalue weighted by molar-refractivity contribution is 0.0318. The summed E-state index contributed by atoms with van der Waals surface area (Å²) in [5.74, 6) is -1.56. The van der Waals surface area contributed by atoms with E-state index in [2.05, 4.69) is 20.3 Å². The number of rotatable bonds is 6. The lowest BCUT2D eigenvalue weighted by Crippen LogP contribution is -2.21. The fourth-order valence-electron chi connectivity index (χ4n) is 2.92. The van der Waals surface area contributed by atoms with E-state index in [1.54, 1.807) is 52.0 Å². The Kier molecular flexibility index (Phi) is 5.98. The van der Waals surface area contributed by atoms with Crippen LogP contribution in [0, 0.1) is 0 Å². The van der Waals surface area contributed by atoms with Crippen LogP contribution in [0.15, 0.2) is 41.5 Å². The molecule has 0 aliphatic heterocycles. The molecular formula is C20H20N6O4. The van der Waals surface area contributed by atoms with Crippen molar-refractivity contribution in [3.8, 4) is 5.69 Å². The SMILES string of the molecule is CC(C)OC(=O)c1nnn(-c2cccc3cccc(N=[N+]=[N-])c23)c1C(=O)OC(C)C. The first-order valence-electron chi connectivity index (χ1n) is 9.28. The van der Waals surface area contributed by atoms with E-state index in [1.807, 2.05) is 12.1 Å². The molecule has 0 atom stereocenters. The van der Waals surface area contributed by atoms with Crippen LogP contribution in [-0.2, 0) is 9.47 Å². The minimum Gasteiger partial charge on any atom is -0.458 e. The summed E-state index contributed by atoms with van der Waals surface area (Å²) in [6.07, 6.45) is -0.841. The molecule has 3 aromatic rings. The first kappa shape index (κ1) is 20.8. The van der Waals surface area contributed by atoms with Gasteiger partial charge in [0.1, 0.15) is 0 Å². The van der Waals surface area contributed by atoms with Gasteiger partial charge in [0.15, 0.2) is 5.69 Å². The number of nitrogens with zero attached hydrogens (tertiary/aromatic N) is 6. The van der Waals surface area contributed by atoms with Crippen LogP contribution in [0.4, 0.5) is 5.69 Å². The minimum absolute atomic E-state index is 0.169. The Hall–Kier alpha value is -3.91. The van der Waals surface area contributed by atoms with Gasteiger partial charge >= 0.3 is 11.9 Å². The van der Waals surface area contributed by atoms with Crippen molar-refractivity contribution in [2.45, 2.75) is 39.9 Å². The van der Waals surface area contributed by atoms with Gasteiger partial charge in [-0.15, -0.1) is 5.10 Å². The monoisotopic (exact) mass is 408 g/mol. The van der Waals surface area contributed by atoms with Crippen molar-refractivity contribution >= 4 is 28.4 Å². The van der Waals surface area contributed by atoms with Crippen LogP contribution >= 0.6 is 0 Å². The van der Waals surface area contributed by atoms with Gasteiger partial charge in [0.05, 0.1) is 17.9 Å². The molecule has 2 aromatic carbocycles. The highest BCUT2D eigenvalue weighted by Gasteiger charge is 2.30. The average Bonchev–Trinajstić information content (AvgIpc) is 3.12. The van der Waals surface area contributed by atoms with Gasteiger partial charge in [-0.3, -0.25) is 0 Å². The molecule has 0 amide bonds. The third-order valence-corrected chi connectivity index (χ3v) is 3.98. The maximum atomic E-state index is 12.9. The van der Waals surface area contributed by atoms with E-state index in [1.165, 1.54) is 4.68 Å². The molecule has 0 spiro atoms. The zero-order valence-electron chi connectivity index (χ0n) is 16.9. The second-order valence-electron chi connectivity index (χ2n) is 6.95. The van der Waals surface area contributed by atoms with E-state index in [9.17, 15) is 9.59 Å². The first-order chi connectivity index (χ1) is 14.3. The Bertz CT molecular complexity index is 1160. The third kappa shape index (κ3) is 4.08. The summed E-state index contributed by atoms with van der Waals surface area (Å²) in [6, 6.07) is 10.5. The molecule has 10 heteroatoms. The fourth-order valence-corrected chi connectivity index (χ4v) is 2.92. The lowest BCUT2D eigenvalue weighted by atomic mass is 10.1. The number of carbonyl (C=O) groups excluding carboxylic acids is 2. The second-order valence-corrected chi connectivity index (χ2v) is 6.95. The minimum atomic E-state index is -0.789. The molecule has 0 fully saturated rings. The largest absolute Gasteiger partial charge is 0.458 e. The molecule has 0 aliphatic carbocycles. The number of fused-ring (bicyclic) bond motifs is 1. The lowest BCUT2D eigenvalue weighted by Gasteiger charge is -2.13. The van der Waals surface area contributed by atoms with Crippen LogP contribution < -0.4 is 0 Å². The standard InChI is InChI=1S/C20H20N6O4/c1-11(2)29-19(27)17-18(20(28)30-12(3)4)26(25-23-17)15-10-6-8-13-7-5-9-14(16(13)15)22-24-21/h5-12H,1-4H3. The summed E-state index contributed by atoms with van der Waals surface area (Å²) in [4.78, 5) is 28.3. The first-order valence-corrected chi connectivity index (χ1v) is 9.28. The molecule has 1 heterocycles. The zero-order chi connectivity index (χ0) is 21.8.